The Kier molecular flexibility index (Phi) is 13.3. The Balaban J connectivity index is 0.00000192. The Morgan fingerprint density at radius 3 is 2.60 bits per heavy atom. The van der Waals surface area contributed by atoms with Crippen LogP contribution in [0.5, 0.6) is 0 Å². The molecular weight excluding hydrogens is 400 g/mol. The van der Waals surface area contributed by atoms with Gasteiger partial charge in [-0.05, 0) is 50.9 Å². The third-order valence-electron chi connectivity index (χ3n) is 5.01. The number of nitrogens with zero attached hydrogens (tertiary/aromatic N) is 2. The third kappa shape index (κ3) is 7.70. The third-order valence-corrected chi connectivity index (χ3v) is 5.34. The molecule has 1 aromatic carbocycles. The molecule has 2 heterocycles. The zero-order chi connectivity index (χ0) is 15.2. The average Bonchev–Trinajstić information content (AvgIpc) is 2.56. The lowest BCUT2D eigenvalue weighted by Crippen LogP contribution is -2.54. The number of para-hydroxylation sites is 1. The SMILES string of the molecule is Cl.Cl.Cl.Clc1ccccc1NCCCCN1CCN2CCCCC2C1. The lowest BCUT2D eigenvalue weighted by molar-refractivity contribution is 0.0488. The highest BCUT2D eigenvalue weighted by atomic mass is 35.5. The second kappa shape index (κ2) is 13.3. The topological polar surface area (TPSA) is 18.5 Å². The molecule has 0 aliphatic carbocycles. The number of rotatable bonds is 6. The highest BCUT2D eigenvalue weighted by Gasteiger charge is 2.28. The van der Waals surface area contributed by atoms with Crippen LogP contribution in [0.3, 0.4) is 0 Å². The summed E-state index contributed by atoms with van der Waals surface area (Å²) in [5.74, 6) is 0. The van der Waals surface area contributed by atoms with Crippen molar-refractivity contribution in [3.05, 3.63) is 29.3 Å². The van der Waals surface area contributed by atoms with Gasteiger partial charge in [-0.25, -0.2) is 0 Å². The molecule has 0 radical (unpaired) electrons. The fourth-order valence-corrected chi connectivity index (χ4v) is 3.91. The van der Waals surface area contributed by atoms with Crippen molar-refractivity contribution in [2.24, 2.45) is 0 Å². The van der Waals surface area contributed by atoms with Crippen molar-refractivity contribution in [3.8, 4) is 0 Å². The number of nitrogens with one attached hydrogen (secondary N) is 1. The summed E-state index contributed by atoms with van der Waals surface area (Å²) in [6.45, 7) is 7.41. The van der Waals surface area contributed by atoms with Crippen LogP contribution < -0.4 is 5.32 Å². The summed E-state index contributed by atoms with van der Waals surface area (Å²) in [4.78, 5) is 5.38. The summed E-state index contributed by atoms with van der Waals surface area (Å²) in [5, 5.41) is 4.25. The molecule has 0 aromatic heterocycles. The van der Waals surface area contributed by atoms with Crippen LogP contribution in [0.25, 0.3) is 0 Å². The number of anilines is 1. The number of hydrogen-bond acceptors (Lipinski definition) is 3. The van der Waals surface area contributed by atoms with Crippen molar-refractivity contribution < 1.29 is 0 Å². The number of piperazine rings is 1. The highest BCUT2D eigenvalue weighted by Crippen LogP contribution is 2.22. The van der Waals surface area contributed by atoms with Crippen LogP contribution in [0.2, 0.25) is 5.02 Å². The van der Waals surface area contributed by atoms with Crippen LogP contribution in [-0.2, 0) is 0 Å². The van der Waals surface area contributed by atoms with E-state index in [9.17, 15) is 0 Å². The largest absolute Gasteiger partial charge is 0.384 e. The second-order valence-corrected chi connectivity index (χ2v) is 7.01. The molecule has 1 N–H and O–H groups in total. The molecule has 7 heteroatoms. The van der Waals surface area contributed by atoms with Crippen molar-refractivity contribution in [2.45, 2.75) is 38.1 Å². The number of hydrogen-bond donors (Lipinski definition) is 1. The Hall–Kier alpha value is 0.1000. The summed E-state index contributed by atoms with van der Waals surface area (Å²) < 4.78 is 0. The number of fused-ring (bicyclic) bond motifs is 1. The molecule has 1 aromatic rings. The van der Waals surface area contributed by atoms with Crippen LogP contribution in [0.15, 0.2) is 24.3 Å². The van der Waals surface area contributed by atoms with Gasteiger partial charge in [-0.2, -0.15) is 0 Å². The van der Waals surface area contributed by atoms with Crippen molar-refractivity contribution in [1.29, 1.82) is 0 Å². The molecule has 0 saturated carbocycles. The molecule has 146 valence electrons. The monoisotopic (exact) mass is 429 g/mol. The molecule has 2 aliphatic heterocycles. The van der Waals surface area contributed by atoms with Gasteiger partial charge in [-0.1, -0.05) is 30.2 Å². The molecule has 2 saturated heterocycles. The lowest BCUT2D eigenvalue weighted by Gasteiger charge is -2.44. The summed E-state index contributed by atoms with van der Waals surface area (Å²) in [7, 11) is 0. The first-order chi connectivity index (χ1) is 10.8. The second-order valence-electron chi connectivity index (χ2n) is 6.60. The van der Waals surface area contributed by atoms with Gasteiger partial charge in [-0.15, -0.1) is 37.2 Å². The van der Waals surface area contributed by atoms with Gasteiger partial charge < -0.3 is 10.2 Å². The molecule has 3 nitrogen and oxygen atoms in total. The molecule has 1 atom stereocenters. The van der Waals surface area contributed by atoms with Gasteiger partial charge in [0, 0.05) is 32.2 Å². The first kappa shape index (κ1) is 25.1. The van der Waals surface area contributed by atoms with E-state index >= 15 is 0 Å². The smallest absolute Gasteiger partial charge is 0.0637 e. The predicted molar refractivity (Wildman–Crippen MR) is 117 cm³/mol. The Morgan fingerprint density at radius 2 is 1.80 bits per heavy atom. The molecule has 0 amide bonds. The first-order valence-corrected chi connectivity index (χ1v) is 9.15. The van der Waals surface area contributed by atoms with E-state index in [1.807, 2.05) is 24.3 Å². The number of piperidine rings is 1. The van der Waals surface area contributed by atoms with Crippen LogP contribution in [0.1, 0.15) is 32.1 Å². The van der Waals surface area contributed by atoms with Gasteiger partial charge in [0.1, 0.15) is 0 Å². The molecule has 2 fully saturated rings. The average molecular weight is 431 g/mol. The van der Waals surface area contributed by atoms with E-state index in [2.05, 4.69) is 15.1 Å². The lowest BCUT2D eigenvalue weighted by atomic mass is 9.99. The van der Waals surface area contributed by atoms with E-state index in [0.717, 1.165) is 23.3 Å². The fourth-order valence-electron chi connectivity index (χ4n) is 3.71. The fraction of sp³-hybridized carbons (Fsp3) is 0.667. The normalized spacial score (nSPS) is 20.4. The zero-order valence-corrected chi connectivity index (χ0v) is 17.9. The van der Waals surface area contributed by atoms with E-state index in [1.54, 1.807) is 0 Å². The van der Waals surface area contributed by atoms with Crippen LogP contribution >= 0.6 is 48.8 Å². The van der Waals surface area contributed by atoms with Crippen molar-refractivity contribution >= 4 is 54.5 Å². The quantitative estimate of drug-likeness (QED) is 0.642. The maximum absolute atomic E-state index is 6.15. The summed E-state index contributed by atoms with van der Waals surface area (Å²) in [6.07, 6.45) is 6.71. The van der Waals surface area contributed by atoms with Crippen molar-refractivity contribution in [2.75, 3.05) is 44.6 Å². The number of benzene rings is 1. The van der Waals surface area contributed by atoms with E-state index in [-0.39, 0.29) is 37.2 Å². The molecular formula is C18H31Cl4N3. The minimum atomic E-state index is 0. The number of halogens is 4. The summed E-state index contributed by atoms with van der Waals surface area (Å²) >= 11 is 6.15. The standard InChI is InChI=1S/C18H28ClN3.3ClH/c19-17-8-1-2-9-18(17)20-10-4-6-11-21-13-14-22-12-5-3-7-16(22)15-21;;;/h1-2,8-9,16,20H,3-7,10-15H2;3*1H. The minimum absolute atomic E-state index is 0. The molecule has 2 aliphatic rings. The summed E-state index contributed by atoms with van der Waals surface area (Å²) in [6, 6.07) is 8.82. The Labute approximate surface area is 176 Å². The maximum Gasteiger partial charge on any atom is 0.0637 e. The first-order valence-electron chi connectivity index (χ1n) is 8.78. The van der Waals surface area contributed by atoms with Gasteiger partial charge in [0.25, 0.3) is 0 Å². The van der Waals surface area contributed by atoms with E-state index in [1.165, 1.54) is 64.8 Å². The molecule has 0 spiro atoms. The minimum Gasteiger partial charge on any atom is -0.384 e. The van der Waals surface area contributed by atoms with Gasteiger partial charge in [0.05, 0.1) is 10.7 Å². The van der Waals surface area contributed by atoms with E-state index in [0.29, 0.717) is 0 Å². The van der Waals surface area contributed by atoms with Crippen molar-refractivity contribution in [3.63, 3.8) is 0 Å². The van der Waals surface area contributed by atoms with E-state index < -0.39 is 0 Å². The maximum atomic E-state index is 6.15. The highest BCUT2D eigenvalue weighted by molar-refractivity contribution is 6.33. The van der Waals surface area contributed by atoms with Crippen LogP contribution in [0, 0.1) is 0 Å². The van der Waals surface area contributed by atoms with Gasteiger partial charge in [0.2, 0.25) is 0 Å². The Bertz CT molecular complexity index is 475. The zero-order valence-electron chi connectivity index (χ0n) is 14.7. The predicted octanol–water partition coefficient (Wildman–Crippen LogP) is 4.97. The summed E-state index contributed by atoms with van der Waals surface area (Å²) in [5.41, 5.74) is 1.06. The molecule has 3 rings (SSSR count). The van der Waals surface area contributed by atoms with Gasteiger partial charge in [0.15, 0.2) is 0 Å². The van der Waals surface area contributed by atoms with Gasteiger partial charge in [-0.3, -0.25) is 4.90 Å². The molecule has 25 heavy (non-hydrogen) atoms. The van der Waals surface area contributed by atoms with Crippen LogP contribution in [0.4, 0.5) is 5.69 Å². The Morgan fingerprint density at radius 1 is 1.00 bits per heavy atom. The van der Waals surface area contributed by atoms with Crippen LogP contribution in [-0.4, -0.2) is 55.1 Å². The molecule has 0 bridgehead atoms. The van der Waals surface area contributed by atoms with E-state index in [4.69, 9.17) is 11.6 Å². The number of unbranched alkanes of at least 4 members (excludes halogenated alkanes) is 1. The molecule has 1 unspecified atom stereocenters. The van der Waals surface area contributed by atoms with Crippen molar-refractivity contribution in [1.82, 2.24) is 9.80 Å². The van der Waals surface area contributed by atoms with Gasteiger partial charge >= 0.3 is 0 Å².